The molecule has 1 saturated heterocycles. The van der Waals surface area contributed by atoms with E-state index in [0.29, 0.717) is 18.7 Å². The maximum Gasteiger partial charge on any atom is 0.335 e. The van der Waals surface area contributed by atoms with E-state index in [-0.39, 0.29) is 12.0 Å². The number of hydrogen-bond acceptors (Lipinski definition) is 5. The quantitative estimate of drug-likeness (QED) is 0.866. The molecule has 0 aliphatic carbocycles. The van der Waals surface area contributed by atoms with Gasteiger partial charge in [-0.2, -0.15) is 0 Å². The Labute approximate surface area is 133 Å². The molecule has 0 atom stereocenters. The predicted molar refractivity (Wildman–Crippen MR) is 83.5 cm³/mol. The molecular formula is C17H18N2O4. The van der Waals surface area contributed by atoms with Gasteiger partial charge in [0.05, 0.1) is 11.8 Å². The summed E-state index contributed by atoms with van der Waals surface area (Å²) in [6.45, 7) is 3.16. The van der Waals surface area contributed by atoms with Crippen molar-refractivity contribution >= 4 is 5.91 Å². The minimum Gasteiger partial charge on any atom is -0.489 e. The SMILES string of the molecule is Cc1ccc(OC2CCN(C(=O)c3ccc(=O)oc3)CC2)cn1. The first-order valence-corrected chi connectivity index (χ1v) is 7.59. The zero-order valence-electron chi connectivity index (χ0n) is 12.9. The van der Waals surface area contributed by atoms with E-state index in [4.69, 9.17) is 9.15 Å². The Hall–Kier alpha value is -2.63. The number of nitrogens with zero attached hydrogens (tertiary/aromatic N) is 2. The van der Waals surface area contributed by atoms with Crippen molar-refractivity contribution in [1.82, 2.24) is 9.88 Å². The number of ether oxygens (including phenoxy) is 1. The van der Waals surface area contributed by atoms with Crippen molar-refractivity contribution in [3.8, 4) is 5.75 Å². The van der Waals surface area contributed by atoms with Gasteiger partial charge in [0.1, 0.15) is 18.1 Å². The van der Waals surface area contributed by atoms with Gasteiger partial charge in [-0.15, -0.1) is 0 Å². The van der Waals surface area contributed by atoms with E-state index in [0.717, 1.165) is 24.3 Å². The molecule has 0 bridgehead atoms. The lowest BCUT2D eigenvalue weighted by molar-refractivity contribution is 0.0592. The Morgan fingerprint density at radius 1 is 1.26 bits per heavy atom. The molecule has 120 valence electrons. The molecule has 0 unspecified atom stereocenters. The van der Waals surface area contributed by atoms with Gasteiger partial charge in [-0.3, -0.25) is 9.78 Å². The first kappa shape index (κ1) is 15.3. The molecule has 0 aromatic carbocycles. The average Bonchev–Trinajstić information content (AvgIpc) is 2.58. The highest BCUT2D eigenvalue weighted by Gasteiger charge is 2.25. The van der Waals surface area contributed by atoms with Crippen LogP contribution in [0.3, 0.4) is 0 Å². The smallest absolute Gasteiger partial charge is 0.335 e. The van der Waals surface area contributed by atoms with Crippen LogP contribution in [0.25, 0.3) is 0 Å². The average molecular weight is 314 g/mol. The number of rotatable bonds is 3. The number of piperidine rings is 1. The Morgan fingerprint density at radius 3 is 2.65 bits per heavy atom. The van der Waals surface area contributed by atoms with Gasteiger partial charge in [0, 0.05) is 37.7 Å². The summed E-state index contributed by atoms with van der Waals surface area (Å²) in [6.07, 6.45) is 4.54. The molecule has 0 spiro atoms. The third-order valence-electron chi connectivity index (χ3n) is 3.86. The highest BCUT2D eigenvalue weighted by molar-refractivity contribution is 5.93. The summed E-state index contributed by atoms with van der Waals surface area (Å²) in [7, 11) is 0. The number of carbonyl (C=O) groups is 1. The van der Waals surface area contributed by atoms with E-state index >= 15 is 0 Å². The van der Waals surface area contributed by atoms with E-state index in [2.05, 4.69) is 4.98 Å². The van der Waals surface area contributed by atoms with Gasteiger partial charge in [-0.25, -0.2) is 4.79 Å². The minimum absolute atomic E-state index is 0.0808. The molecule has 2 aromatic heterocycles. The second kappa shape index (κ2) is 6.64. The van der Waals surface area contributed by atoms with Gasteiger partial charge in [0.15, 0.2) is 0 Å². The number of hydrogen-bond donors (Lipinski definition) is 0. The van der Waals surface area contributed by atoms with Gasteiger partial charge >= 0.3 is 5.63 Å². The predicted octanol–water partition coefficient (Wildman–Crippen LogP) is 2.03. The number of amides is 1. The lowest BCUT2D eigenvalue weighted by Crippen LogP contribution is -2.41. The monoisotopic (exact) mass is 314 g/mol. The third-order valence-corrected chi connectivity index (χ3v) is 3.86. The lowest BCUT2D eigenvalue weighted by Gasteiger charge is -2.32. The van der Waals surface area contributed by atoms with Crippen LogP contribution >= 0.6 is 0 Å². The number of aromatic nitrogens is 1. The summed E-state index contributed by atoms with van der Waals surface area (Å²) in [6, 6.07) is 6.57. The second-order valence-corrected chi connectivity index (χ2v) is 5.59. The number of aryl methyl sites for hydroxylation is 1. The Kier molecular flexibility index (Phi) is 4.41. The summed E-state index contributed by atoms with van der Waals surface area (Å²) in [5.74, 6) is 0.634. The maximum atomic E-state index is 12.3. The van der Waals surface area contributed by atoms with Crippen molar-refractivity contribution in [3.05, 3.63) is 58.4 Å². The van der Waals surface area contributed by atoms with Crippen LogP contribution in [0, 0.1) is 6.92 Å². The van der Waals surface area contributed by atoms with Crippen LogP contribution in [-0.4, -0.2) is 35.0 Å². The molecule has 3 heterocycles. The van der Waals surface area contributed by atoms with Crippen LogP contribution in [0.2, 0.25) is 0 Å². The summed E-state index contributed by atoms with van der Waals surface area (Å²) in [5.41, 5.74) is 0.888. The molecule has 6 nitrogen and oxygen atoms in total. The van der Waals surface area contributed by atoms with E-state index in [1.165, 1.54) is 18.4 Å². The topological polar surface area (TPSA) is 72.6 Å². The molecule has 3 rings (SSSR count). The normalized spacial score (nSPS) is 15.4. The fourth-order valence-electron chi connectivity index (χ4n) is 2.56. The summed E-state index contributed by atoms with van der Waals surface area (Å²) in [5, 5.41) is 0. The van der Waals surface area contributed by atoms with Crippen LogP contribution in [0.4, 0.5) is 0 Å². The second-order valence-electron chi connectivity index (χ2n) is 5.59. The van der Waals surface area contributed by atoms with E-state index in [9.17, 15) is 9.59 Å². The number of pyridine rings is 1. The molecule has 1 fully saturated rings. The van der Waals surface area contributed by atoms with Gasteiger partial charge in [0.25, 0.3) is 5.91 Å². The van der Waals surface area contributed by atoms with Crippen LogP contribution in [-0.2, 0) is 0 Å². The minimum atomic E-state index is -0.458. The summed E-state index contributed by atoms with van der Waals surface area (Å²) in [4.78, 5) is 29.2. The fraction of sp³-hybridized carbons (Fsp3) is 0.353. The molecule has 0 N–H and O–H groups in total. The number of likely N-dealkylation sites (tertiary alicyclic amines) is 1. The first-order valence-electron chi connectivity index (χ1n) is 7.59. The molecule has 0 saturated carbocycles. The van der Waals surface area contributed by atoms with Crippen molar-refractivity contribution in [1.29, 1.82) is 0 Å². The molecule has 6 heteroatoms. The Balaban J connectivity index is 1.55. The Morgan fingerprint density at radius 2 is 2.04 bits per heavy atom. The molecular weight excluding hydrogens is 296 g/mol. The molecule has 1 aliphatic heterocycles. The van der Waals surface area contributed by atoms with E-state index in [1.807, 2.05) is 19.1 Å². The maximum absolute atomic E-state index is 12.3. The molecule has 2 aromatic rings. The van der Waals surface area contributed by atoms with E-state index < -0.39 is 5.63 Å². The van der Waals surface area contributed by atoms with Gasteiger partial charge in [-0.05, 0) is 25.1 Å². The van der Waals surface area contributed by atoms with Crippen LogP contribution < -0.4 is 10.4 Å². The molecule has 1 aliphatic rings. The largest absolute Gasteiger partial charge is 0.489 e. The summed E-state index contributed by atoms with van der Waals surface area (Å²) >= 11 is 0. The zero-order valence-corrected chi connectivity index (χ0v) is 12.9. The van der Waals surface area contributed by atoms with Crippen molar-refractivity contribution in [2.45, 2.75) is 25.9 Å². The van der Waals surface area contributed by atoms with Gasteiger partial charge in [0.2, 0.25) is 0 Å². The number of carbonyl (C=O) groups excluding carboxylic acids is 1. The van der Waals surface area contributed by atoms with E-state index in [1.54, 1.807) is 11.1 Å². The lowest BCUT2D eigenvalue weighted by atomic mass is 10.1. The van der Waals surface area contributed by atoms with Crippen LogP contribution in [0.1, 0.15) is 28.9 Å². The van der Waals surface area contributed by atoms with Crippen LogP contribution in [0.5, 0.6) is 5.75 Å². The fourth-order valence-corrected chi connectivity index (χ4v) is 2.56. The van der Waals surface area contributed by atoms with Crippen LogP contribution in [0.15, 0.2) is 45.9 Å². The standard InChI is InChI=1S/C17H18N2O4/c1-12-2-4-15(10-18-12)23-14-6-8-19(9-7-14)17(21)13-3-5-16(20)22-11-13/h2-5,10-11,14H,6-9H2,1H3. The highest BCUT2D eigenvalue weighted by atomic mass is 16.5. The van der Waals surface area contributed by atoms with Crippen molar-refractivity contribution < 1.29 is 13.9 Å². The van der Waals surface area contributed by atoms with Crippen molar-refractivity contribution in [2.24, 2.45) is 0 Å². The highest BCUT2D eigenvalue weighted by Crippen LogP contribution is 2.19. The molecule has 1 amide bonds. The molecule has 23 heavy (non-hydrogen) atoms. The Bertz CT molecular complexity index is 711. The van der Waals surface area contributed by atoms with Gasteiger partial charge in [-0.1, -0.05) is 0 Å². The third kappa shape index (κ3) is 3.77. The molecule has 0 radical (unpaired) electrons. The first-order chi connectivity index (χ1) is 11.1. The van der Waals surface area contributed by atoms with Gasteiger partial charge < -0.3 is 14.1 Å². The van der Waals surface area contributed by atoms with Crippen molar-refractivity contribution in [2.75, 3.05) is 13.1 Å². The summed E-state index contributed by atoms with van der Waals surface area (Å²) < 4.78 is 10.6. The zero-order chi connectivity index (χ0) is 16.2. The van der Waals surface area contributed by atoms with Crippen molar-refractivity contribution in [3.63, 3.8) is 0 Å².